The summed E-state index contributed by atoms with van der Waals surface area (Å²) in [6.07, 6.45) is -1.72. The predicted octanol–water partition coefficient (Wildman–Crippen LogP) is 12.1. The number of rotatable bonds is 12. The number of phenolic OH excluding ortho intramolecular Hbond substituents is 2. The largest absolute Gasteiger partial charge is 0.505 e. The Balaban J connectivity index is 0.000000197. The molecule has 17 heteroatoms. The van der Waals surface area contributed by atoms with E-state index in [9.17, 15) is 33.0 Å². The standard InChI is InChI=1S/C25H18ClF3N2O3.C24H17Cl3N2O3/c26-20-13-18(24(33)23-17(20)10-6-12-30-23)22(16-9-4-5-11-19(16)25(27,28)29)31-21(32)14-34-15-7-2-1-3-8-15;25-14-8-9-17(19(26)11-14)22(29-21(30)13-32-15-5-2-1-3-6-15)18-12-20(27)16-7-4-10-28-23(16)24(18)31/h1-13,22,33H,14H2,(H,31,32);1-12,22,31H,13H2,(H,29,30). The molecule has 2 aromatic heterocycles. The van der Waals surface area contributed by atoms with E-state index in [4.69, 9.17) is 55.9 Å². The zero-order chi connectivity index (χ0) is 47.0. The first kappa shape index (κ1) is 47.2. The topological polar surface area (TPSA) is 143 Å². The van der Waals surface area contributed by atoms with Gasteiger partial charge in [0.25, 0.3) is 11.8 Å². The Morgan fingerprint density at radius 1 is 0.545 bits per heavy atom. The number of hydrogen-bond acceptors (Lipinski definition) is 8. The maximum Gasteiger partial charge on any atom is 0.416 e. The lowest BCUT2D eigenvalue weighted by Gasteiger charge is -2.25. The van der Waals surface area contributed by atoms with Gasteiger partial charge in [-0.05, 0) is 90.0 Å². The fraction of sp³-hybridized carbons (Fsp3) is 0.102. The fourth-order valence-electron chi connectivity index (χ4n) is 6.98. The lowest BCUT2D eigenvalue weighted by molar-refractivity contribution is -0.138. The number of halogens is 7. The monoisotopic (exact) mass is 972 g/mol. The second-order valence-electron chi connectivity index (χ2n) is 14.3. The summed E-state index contributed by atoms with van der Waals surface area (Å²) in [6, 6.07) is 34.6. The van der Waals surface area contributed by atoms with E-state index in [2.05, 4.69) is 20.6 Å². The predicted molar refractivity (Wildman–Crippen MR) is 249 cm³/mol. The number of benzene rings is 6. The number of nitrogens with one attached hydrogen (secondary N) is 2. The van der Waals surface area contributed by atoms with E-state index in [1.54, 1.807) is 97.2 Å². The van der Waals surface area contributed by atoms with Gasteiger partial charge in [-0.25, -0.2) is 0 Å². The van der Waals surface area contributed by atoms with Crippen LogP contribution in [0.15, 0.2) is 152 Å². The maximum absolute atomic E-state index is 13.8. The van der Waals surface area contributed by atoms with Crippen LogP contribution in [0.2, 0.25) is 20.1 Å². The van der Waals surface area contributed by atoms with Crippen LogP contribution in [-0.4, -0.2) is 45.2 Å². The number of ether oxygens (including phenoxy) is 2. The fourth-order valence-corrected chi connectivity index (χ4v) is 8.04. The molecule has 4 N–H and O–H groups in total. The molecule has 8 aromatic rings. The summed E-state index contributed by atoms with van der Waals surface area (Å²) < 4.78 is 52.5. The minimum absolute atomic E-state index is 0.0269. The van der Waals surface area contributed by atoms with Crippen LogP contribution in [-0.2, 0) is 15.8 Å². The number of carbonyl (C=O) groups is 2. The van der Waals surface area contributed by atoms with Crippen molar-refractivity contribution in [3.8, 4) is 23.0 Å². The van der Waals surface area contributed by atoms with Gasteiger partial charge >= 0.3 is 6.18 Å². The van der Waals surface area contributed by atoms with Crippen molar-refractivity contribution < 1.29 is 42.4 Å². The quantitative estimate of drug-likeness (QED) is 0.0948. The number of pyridine rings is 2. The summed E-state index contributed by atoms with van der Waals surface area (Å²) in [7, 11) is 0. The van der Waals surface area contributed by atoms with Crippen LogP contribution < -0.4 is 20.1 Å². The van der Waals surface area contributed by atoms with E-state index in [1.165, 1.54) is 30.5 Å². The molecule has 2 unspecified atom stereocenters. The number of fused-ring (bicyclic) bond motifs is 2. The molecular formula is C49H35Cl4F3N4O6. The Morgan fingerprint density at radius 2 is 1.00 bits per heavy atom. The van der Waals surface area contributed by atoms with Crippen molar-refractivity contribution in [2.45, 2.75) is 18.3 Å². The SMILES string of the molecule is O=C(COc1ccccc1)NC(c1ccc(Cl)cc1Cl)c1cc(Cl)c2cccnc2c1O.O=C(COc1ccccc1)NC(c1ccccc1C(F)(F)F)c1cc(Cl)c2cccnc2c1O. The number of nitrogens with zero attached hydrogens (tertiary/aromatic N) is 2. The number of aromatic nitrogens is 2. The Kier molecular flexibility index (Phi) is 15.0. The van der Waals surface area contributed by atoms with Crippen molar-refractivity contribution in [1.29, 1.82) is 0 Å². The van der Waals surface area contributed by atoms with Crippen LogP contribution in [0.4, 0.5) is 13.2 Å². The average molecular weight is 975 g/mol. The van der Waals surface area contributed by atoms with Crippen molar-refractivity contribution >= 4 is 80.0 Å². The molecule has 336 valence electrons. The maximum atomic E-state index is 13.8. The molecule has 0 spiro atoms. The van der Waals surface area contributed by atoms with E-state index in [-0.39, 0.29) is 39.8 Å². The first-order valence-corrected chi connectivity index (χ1v) is 21.3. The van der Waals surface area contributed by atoms with Gasteiger partial charge in [-0.2, -0.15) is 13.2 Å². The number of carbonyl (C=O) groups excluding carboxylic acids is 2. The summed E-state index contributed by atoms with van der Waals surface area (Å²) in [5.74, 6) is -0.615. The highest BCUT2D eigenvalue weighted by Crippen LogP contribution is 2.43. The molecule has 0 bridgehead atoms. The molecule has 0 saturated carbocycles. The summed E-state index contributed by atoms with van der Waals surface area (Å²) in [5, 5.41) is 29.7. The third kappa shape index (κ3) is 11.2. The summed E-state index contributed by atoms with van der Waals surface area (Å²) in [5.41, 5.74) is 0.0602. The number of alkyl halides is 3. The Morgan fingerprint density at radius 3 is 1.47 bits per heavy atom. The van der Waals surface area contributed by atoms with Crippen LogP contribution in [0.25, 0.3) is 21.8 Å². The van der Waals surface area contributed by atoms with E-state index in [0.717, 1.165) is 6.07 Å². The van der Waals surface area contributed by atoms with Crippen molar-refractivity contribution in [3.63, 3.8) is 0 Å². The minimum atomic E-state index is -4.70. The average Bonchev–Trinajstić information content (AvgIpc) is 3.32. The van der Waals surface area contributed by atoms with Crippen molar-refractivity contribution in [2.75, 3.05) is 13.2 Å². The van der Waals surface area contributed by atoms with Crippen molar-refractivity contribution in [1.82, 2.24) is 20.6 Å². The van der Waals surface area contributed by atoms with Gasteiger partial charge in [0.1, 0.15) is 34.0 Å². The normalized spacial score (nSPS) is 12.1. The first-order valence-electron chi connectivity index (χ1n) is 19.8. The smallest absolute Gasteiger partial charge is 0.416 e. The molecule has 0 aliphatic rings. The van der Waals surface area contributed by atoms with Gasteiger partial charge in [-0.1, -0.05) is 107 Å². The summed E-state index contributed by atoms with van der Waals surface area (Å²) >= 11 is 25.3. The highest BCUT2D eigenvalue weighted by molar-refractivity contribution is 6.36. The molecule has 0 radical (unpaired) electrons. The van der Waals surface area contributed by atoms with Crippen LogP contribution in [0, 0.1) is 0 Å². The molecular weight excluding hydrogens is 939 g/mol. The Bertz CT molecular complexity index is 3020. The van der Waals surface area contributed by atoms with Gasteiger partial charge in [-0.3, -0.25) is 19.6 Å². The highest BCUT2D eigenvalue weighted by atomic mass is 35.5. The zero-order valence-electron chi connectivity index (χ0n) is 34.1. The molecule has 8 rings (SSSR count). The van der Waals surface area contributed by atoms with Gasteiger partial charge in [-0.15, -0.1) is 0 Å². The van der Waals surface area contributed by atoms with Crippen LogP contribution in [0.3, 0.4) is 0 Å². The number of aromatic hydroxyl groups is 2. The van der Waals surface area contributed by atoms with E-state index in [1.807, 2.05) is 18.2 Å². The van der Waals surface area contributed by atoms with E-state index in [0.29, 0.717) is 54.0 Å². The molecule has 0 saturated heterocycles. The van der Waals surface area contributed by atoms with Gasteiger partial charge in [0.15, 0.2) is 13.2 Å². The van der Waals surface area contributed by atoms with Gasteiger partial charge < -0.3 is 30.3 Å². The second-order valence-corrected chi connectivity index (χ2v) is 16.0. The molecule has 0 fully saturated rings. The van der Waals surface area contributed by atoms with Crippen molar-refractivity contribution in [2.24, 2.45) is 0 Å². The molecule has 0 aliphatic carbocycles. The van der Waals surface area contributed by atoms with Crippen LogP contribution >= 0.6 is 46.4 Å². The Labute approximate surface area is 395 Å². The molecule has 0 aliphatic heterocycles. The van der Waals surface area contributed by atoms with Gasteiger partial charge in [0.2, 0.25) is 0 Å². The third-order valence-electron chi connectivity index (χ3n) is 10.00. The van der Waals surface area contributed by atoms with Gasteiger partial charge in [0, 0.05) is 44.3 Å². The number of hydrogen-bond donors (Lipinski definition) is 4. The molecule has 2 heterocycles. The number of phenols is 2. The van der Waals surface area contributed by atoms with Gasteiger partial charge in [0.05, 0.1) is 27.7 Å². The molecule has 66 heavy (non-hydrogen) atoms. The Hall–Kier alpha value is -6.77. The molecule has 2 amide bonds. The van der Waals surface area contributed by atoms with Crippen molar-refractivity contribution in [3.05, 3.63) is 200 Å². The van der Waals surface area contributed by atoms with Crippen LogP contribution in [0.1, 0.15) is 39.9 Å². The van der Waals surface area contributed by atoms with E-state index < -0.39 is 42.2 Å². The first-order chi connectivity index (χ1) is 31.7. The second kappa shape index (κ2) is 21.0. The third-order valence-corrected chi connectivity index (χ3v) is 11.2. The highest BCUT2D eigenvalue weighted by Gasteiger charge is 2.37. The number of para-hydroxylation sites is 2. The molecule has 10 nitrogen and oxygen atoms in total. The molecule has 2 atom stereocenters. The summed E-state index contributed by atoms with van der Waals surface area (Å²) in [4.78, 5) is 33.9. The lowest BCUT2D eigenvalue weighted by Crippen LogP contribution is -2.34. The lowest BCUT2D eigenvalue weighted by atomic mass is 9.92. The minimum Gasteiger partial charge on any atom is -0.505 e. The number of amides is 2. The molecule has 6 aromatic carbocycles. The van der Waals surface area contributed by atoms with Crippen LogP contribution in [0.5, 0.6) is 23.0 Å². The zero-order valence-corrected chi connectivity index (χ0v) is 37.1. The van der Waals surface area contributed by atoms with E-state index >= 15 is 0 Å². The summed E-state index contributed by atoms with van der Waals surface area (Å²) in [6.45, 7) is -0.679.